The third-order valence-corrected chi connectivity index (χ3v) is 4.71. The van der Waals surface area contributed by atoms with Gasteiger partial charge in [0.2, 0.25) is 5.91 Å². The highest BCUT2D eigenvalue weighted by atomic mass is 35.5. The van der Waals surface area contributed by atoms with E-state index in [1.807, 2.05) is 12.1 Å². The normalized spacial score (nSPS) is 19.7. The Balaban J connectivity index is 1.70. The maximum Gasteiger partial charge on any atom is 0.303 e. The maximum atomic E-state index is 12.0. The van der Waals surface area contributed by atoms with Gasteiger partial charge in [-0.3, -0.25) is 9.59 Å². The van der Waals surface area contributed by atoms with E-state index in [1.165, 1.54) is 0 Å². The zero-order valence-electron chi connectivity index (χ0n) is 12.1. The van der Waals surface area contributed by atoms with Crippen LogP contribution in [-0.4, -0.2) is 23.5 Å². The van der Waals surface area contributed by atoms with Crippen LogP contribution in [0.4, 0.5) is 0 Å². The SMILES string of the molecule is O=C(O)CCCCCNC(=O)C1CC1c1cccc(Cl)c1Cl. The molecule has 0 aliphatic heterocycles. The van der Waals surface area contributed by atoms with E-state index in [-0.39, 0.29) is 24.2 Å². The Labute approximate surface area is 139 Å². The van der Waals surface area contributed by atoms with E-state index < -0.39 is 5.97 Å². The van der Waals surface area contributed by atoms with Crippen LogP contribution >= 0.6 is 23.2 Å². The Bertz CT molecular complexity index is 562. The van der Waals surface area contributed by atoms with Gasteiger partial charge in [0.1, 0.15) is 0 Å². The van der Waals surface area contributed by atoms with Crippen molar-refractivity contribution in [1.29, 1.82) is 0 Å². The summed E-state index contributed by atoms with van der Waals surface area (Å²) in [6, 6.07) is 5.50. The molecule has 0 aromatic heterocycles. The number of nitrogens with one attached hydrogen (secondary N) is 1. The van der Waals surface area contributed by atoms with Gasteiger partial charge in [-0.05, 0) is 36.8 Å². The van der Waals surface area contributed by atoms with Crippen LogP contribution in [0.15, 0.2) is 18.2 Å². The van der Waals surface area contributed by atoms with Gasteiger partial charge in [-0.15, -0.1) is 0 Å². The van der Waals surface area contributed by atoms with Crippen molar-refractivity contribution >= 4 is 35.1 Å². The van der Waals surface area contributed by atoms with E-state index in [0.29, 0.717) is 23.0 Å². The fourth-order valence-corrected chi connectivity index (χ4v) is 3.00. The molecule has 2 rings (SSSR count). The summed E-state index contributed by atoms with van der Waals surface area (Å²) in [7, 11) is 0. The van der Waals surface area contributed by atoms with E-state index in [0.717, 1.165) is 24.8 Å². The van der Waals surface area contributed by atoms with Gasteiger partial charge in [-0.25, -0.2) is 0 Å². The average Bonchev–Trinajstić information content (AvgIpc) is 3.25. The Morgan fingerprint density at radius 3 is 2.73 bits per heavy atom. The number of hydrogen-bond acceptors (Lipinski definition) is 2. The number of carboxylic acid groups (broad SMARTS) is 1. The predicted octanol–water partition coefficient (Wildman–Crippen LogP) is 3.86. The average molecular weight is 344 g/mol. The lowest BCUT2D eigenvalue weighted by atomic mass is 10.1. The molecule has 1 aliphatic carbocycles. The molecular weight excluding hydrogens is 325 g/mol. The topological polar surface area (TPSA) is 66.4 Å². The number of benzene rings is 1. The molecule has 0 bridgehead atoms. The molecule has 1 aromatic carbocycles. The molecule has 1 saturated carbocycles. The summed E-state index contributed by atoms with van der Waals surface area (Å²) in [5, 5.41) is 12.5. The molecule has 2 unspecified atom stereocenters. The molecule has 4 nitrogen and oxygen atoms in total. The molecule has 0 radical (unpaired) electrons. The first kappa shape index (κ1) is 17.1. The summed E-state index contributed by atoms with van der Waals surface area (Å²) in [4.78, 5) is 22.4. The fraction of sp³-hybridized carbons (Fsp3) is 0.500. The van der Waals surface area contributed by atoms with E-state index in [2.05, 4.69) is 5.32 Å². The van der Waals surface area contributed by atoms with E-state index in [9.17, 15) is 9.59 Å². The van der Waals surface area contributed by atoms with Gasteiger partial charge in [0.05, 0.1) is 10.0 Å². The third kappa shape index (κ3) is 4.62. The van der Waals surface area contributed by atoms with Crippen LogP contribution < -0.4 is 5.32 Å². The Kier molecular flexibility index (Phi) is 6.09. The Hall–Kier alpha value is -1.26. The number of unbranched alkanes of at least 4 members (excludes halogenated alkanes) is 2. The standard InChI is InChI=1S/C16H19Cl2NO3/c17-13-6-4-5-10(15(13)18)11-9-12(11)16(22)19-8-3-1-2-7-14(20)21/h4-6,11-12H,1-3,7-9H2,(H,19,22)(H,20,21). The Morgan fingerprint density at radius 2 is 2.00 bits per heavy atom. The molecule has 1 aliphatic rings. The molecule has 1 amide bonds. The number of carbonyl (C=O) groups is 2. The summed E-state index contributed by atoms with van der Waals surface area (Å²) in [5.41, 5.74) is 0.941. The lowest BCUT2D eigenvalue weighted by molar-refractivity contribution is -0.137. The second kappa shape index (κ2) is 7.84. The fourth-order valence-electron chi connectivity index (χ4n) is 2.56. The number of carbonyl (C=O) groups excluding carboxylic acids is 1. The molecule has 0 heterocycles. The second-order valence-electron chi connectivity index (χ2n) is 5.59. The summed E-state index contributed by atoms with van der Waals surface area (Å²) < 4.78 is 0. The number of halogens is 2. The summed E-state index contributed by atoms with van der Waals surface area (Å²) in [6.07, 6.45) is 3.24. The van der Waals surface area contributed by atoms with E-state index >= 15 is 0 Å². The molecule has 120 valence electrons. The van der Waals surface area contributed by atoms with Crippen molar-refractivity contribution in [2.24, 2.45) is 5.92 Å². The van der Waals surface area contributed by atoms with Crippen LogP contribution in [0.3, 0.4) is 0 Å². The zero-order valence-corrected chi connectivity index (χ0v) is 13.7. The smallest absolute Gasteiger partial charge is 0.303 e. The highest BCUT2D eigenvalue weighted by Crippen LogP contribution is 2.50. The molecular formula is C16H19Cl2NO3. The molecule has 22 heavy (non-hydrogen) atoms. The minimum atomic E-state index is -0.775. The monoisotopic (exact) mass is 343 g/mol. The first-order chi connectivity index (χ1) is 10.5. The van der Waals surface area contributed by atoms with E-state index in [1.54, 1.807) is 6.07 Å². The Morgan fingerprint density at radius 1 is 1.23 bits per heavy atom. The molecule has 1 fully saturated rings. The van der Waals surface area contributed by atoms with Crippen LogP contribution in [0.25, 0.3) is 0 Å². The number of aliphatic carboxylic acids is 1. The minimum Gasteiger partial charge on any atom is -0.481 e. The van der Waals surface area contributed by atoms with Crippen molar-refractivity contribution < 1.29 is 14.7 Å². The molecule has 6 heteroatoms. The highest BCUT2D eigenvalue weighted by Gasteiger charge is 2.44. The van der Waals surface area contributed by atoms with Crippen molar-refractivity contribution in [2.75, 3.05) is 6.54 Å². The van der Waals surface area contributed by atoms with Gasteiger partial charge in [0.25, 0.3) is 0 Å². The summed E-state index contributed by atoms with van der Waals surface area (Å²) in [6.45, 7) is 0.588. The predicted molar refractivity (Wildman–Crippen MR) is 86.4 cm³/mol. The number of rotatable bonds is 8. The minimum absolute atomic E-state index is 0.0324. The van der Waals surface area contributed by atoms with Gasteiger partial charge in [0.15, 0.2) is 0 Å². The second-order valence-corrected chi connectivity index (χ2v) is 6.37. The number of amides is 1. The van der Waals surface area contributed by atoms with Gasteiger partial charge >= 0.3 is 5.97 Å². The molecule has 0 saturated heterocycles. The molecule has 2 N–H and O–H groups in total. The van der Waals surface area contributed by atoms with Gasteiger partial charge in [0, 0.05) is 18.9 Å². The van der Waals surface area contributed by atoms with Gasteiger partial charge < -0.3 is 10.4 Å². The van der Waals surface area contributed by atoms with Crippen molar-refractivity contribution in [3.63, 3.8) is 0 Å². The van der Waals surface area contributed by atoms with Crippen molar-refractivity contribution in [3.8, 4) is 0 Å². The molecule has 0 spiro atoms. The van der Waals surface area contributed by atoms with Crippen molar-refractivity contribution in [1.82, 2.24) is 5.32 Å². The van der Waals surface area contributed by atoms with Crippen LogP contribution in [0.5, 0.6) is 0 Å². The van der Waals surface area contributed by atoms with E-state index in [4.69, 9.17) is 28.3 Å². The molecule has 2 atom stereocenters. The quantitative estimate of drug-likeness (QED) is 0.704. The third-order valence-electron chi connectivity index (χ3n) is 3.87. The lowest BCUT2D eigenvalue weighted by Crippen LogP contribution is -2.26. The summed E-state index contributed by atoms with van der Waals surface area (Å²) >= 11 is 12.2. The molecule has 1 aromatic rings. The maximum absolute atomic E-state index is 12.0. The lowest BCUT2D eigenvalue weighted by Gasteiger charge is -2.06. The first-order valence-corrected chi connectivity index (χ1v) is 8.19. The van der Waals surface area contributed by atoms with Crippen LogP contribution in [-0.2, 0) is 9.59 Å². The zero-order chi connectivity index (χ0) is 16.1. The van der Waals surface area contributed by atoms with Crippen LogP contribution in [0.2, 0.25) is 10.0 Å². The number of carboxylic acids is 1. The number of hydrogen-bond donors (Lipinski definition) is 2. The van der Waals surface area contributed by atoms with Gasteiger partial charge in [-0.2, -0.15) is 0 Å². The van der Waals surface area contributed by atoms with Crippen LogP contribution in [0, 0.1) is 5.92 Å². The van der Waals surface area contributed by atoms with Crippen molar-refractivity contribution in [2.45, 2.75) is 38.0 Å². The summed E-state index contributed by atoms with van der Waals surface area (Å²) in [5.74, 6) is -0.615. The van der Waals surface area contributed by atoms with Gasteiger partial charge in [-0.1, -0.05) is 41.8 Å². The largest absolute Gasteiger partial charge is 0.481 e. The highest BCUT2D eigenvalue weighted by molar-refractivity contribution is 6.42. The first-order valence-electron chi connectivity index (χ1n) is 7.44. The van der Waals surface area contributed by atoms with Crippen molar-refractivity contribution in [3.05, 3.63) is 33.8 Å². The van der Waals surface area contributed by atoms with Crippen LogP contribution in [0.1, 0.15) is 43.6 Å².